The third kappa shape index (κ3) is 3.84. The minimum Gasteiger partial charge on any atom is -0.481 e. The van der Waals surface area contributed by atoms with Gasteiger partial charge < -0.3 is 5.11 Å². The lowest BCUT2D eigenvalue weighted by Crippen LogP contribution is -2.29. The van der Waals surface area contributed by atoms with E-state index >= 15 is 0 Å². The smallest absolute Gasteiger partial charge is 0.304 e. The second kappa shape index (κ2) is 6.43. The molecule has 0 heterocycles. The van der Waals surface area contributed by atoms with E-state index in [4.69, 9.17) is 0 Å². The van der Waals surface area contributed by atoms with Crippen LogP contribution in [0.25, 0.3) is 0 Å². The zero-order chi connectivity index (χ0) is 14.6. The Labute approximate surface area is 122 Å². The first kappa shape index (κ1) is 15.1. The number of carboxylic acids is 1. The second-order valence-electron chi connectivity index (χ2n) is 6.71. The normalized spacial score (nSPS) is 19.5. The Morgan fingerprint density at radius 2 is 1.80 bits per heavy atom. The maximum Gasteiger partial charge on any atom is 0.304 e. The highest BCUT2D eigenvalue weighted by atomic mass is 16.4. The number of aliphatic carboxylic acids is 1. The van der Waals surface area contributed by atoms with Crippen LogP contribution in [0.15, 0.2) is 24.3 Å². The Kier molecular flexibility index (Phi) is 4.85. The minimum atomic E-state index is -0.691. The van der Waals surface area contributed by atoms with E-state index in [1.54, 1.807) is 0 Å². The molecule has 0 aromatic heterocycles. The predicted molar refractivity (Wildman–Crippen MR) is 82.0 cm³/mol. The molecule has 1 aromatic rings. The maximum atomic E-state index is 11.3. The van der Waals surface area contributed by atoms with Crippen LogP contribution in [0.5, 0.6) is 0 Å². The predicted octanol–water partition coefficient (Wildman–Crippen LogP) is 4.70. The van der Waals surface area contributed by atoms with E-state index < -0.39 is 5.97 Å². The van der Waals surface area contributed by atoms with Crippen molar-refractivity contribution in [3.63, 3.8) is 0 Å². The van der Waals surface area contributed by atoms with E-state index in [2.05, 4.69) is 38.1 Å². The molecule has 1 aliphatic rings. The molecule has 2 nitrogen and oxygen atoms in total. The first-order chi connectivity index (χ1) is 9.49. The fraction of sp³-hybridized carbons (Fsp3) is 0.611. The number of carboxylic acid groups (broad SMARTS) is 1. The zero-order valence-electron chi connectivity index (χ0n) is 12.7. The highest BCUT2D eigenvalue weighted by molar-refractivity contribution is 5.69. The average molecular weight is 274 g/mol. The monoisotopic (exact) mass is 274 g/mol. The number of hydrogen-bond donors (Lipinski definition) is 1. The highest BCUT2D eigenvalue weighted by Crippen LogP contribution is 2.39. The van der Waals surface area contributed by atoms with Gasteiger partial charge in [-0.25, -0.2) is 0 Å². The highest BCUT2D eigenvalue weighted by Gasteiger charge is 2.33. The largest absolute Gasteiger partial charge is 0.481 e. The van der Waals surface area contributed by atoms with Crippen LogP contribution >= 0.6 is 0 Å². The standard InChI is InChI=1S/C18H26O2/c1-14-8-10-16(11-9-14)18(2,13-17(19)20)12-15-6-4-3-5-7-15/h8-11,15H,3-7,12-13H2,1-2H3,(H,19,20). The van der Waals surface area contributed by atoms with Gasteiger partial charge in [-0.3, -0.25) is 4.79 Å². The summed E-state index contributed by atoms with van der Waals surface area (Å²) in [4.78, 5) is 11.3. The van der Waals surface area contributed by atoms with E-state index in [1.807, 2.05) is 0 Å². The van der Waals surface area contributed by atoms with Gasteiger partial charge in [-0.2, -0.15) is 0 Å². The van der Waals surface area contributed by atoms with Gasteiger partial charge >= 0.3 is 5.97 Å². The molecule has 0 aliphatic heterocycles. The number of hydrogen-bond acceptors (Lipinski definition) is 1. The van der Waals surface area contributed by atoms with Gasteiger partial charge in [0.25, 0.3) is 0 Å². The van der Waals surface area contributed by atoms with Crippen molar-refractivity contribution in [1.82, 2.24) is 0 Å². The number of carbonyl (C=O) groups is 1. The first-order valence-electron chi connectivity index (χ1n) is 7.78. The van der Waals surface area contributed by atoms with Gasteiger partial charge in [0.05, 0.1) is 6.42 Å². The topological polar surface area (TPSA) is 37.3 Å². The van der Waals surface area contributed by atoms with Crippen molar-refractivity contribution in [1.29, 1.82) is 0 Å². The van der Waals surface area contributed by atoms with E-state index in [9.17, 15) is 9.90 Å². The fourth-order valence-corrected chi connectivity index (χ4v) is 3.61. The lowest BCUT2D eigenvalue weighted by Gasteiger charge is -2.34. The van der Waals surface area contributed by atoms with Crippen molar-refractivity contribution >= 4 is 5.97 Å². The van der Waals surface area contributed by atoms with Gasteiger partial charge in [0.2, 0.25) is 0 Å². The maximum absolute atomic E-state index is 11.3. The molecule has 0 spiro atoms. The minimum absolute atomic E-state index is 0.229. The fourth-order valence-electron chi connectivity index (χ4n) is 3.61. The average Bonchev–Trinajstić information content (AvgIpc) is 2.39. The van der Waals surface area contributed by atoms with Gasteiger partial charge in [0.15, 0.2) is 0 Å². The van der Waals surface area contributed by atoms with Crippen molar-refractivity contribution in [2.75, 3.05) is 0 Å². The first-order valence-corrected chi connectivity index (χ1v) is 7.78. The number of rotatable bonds is 5. The Morgan fingerprint density at radius 1 is 1.20 bits per heavy atom. The van der Waals surface area contributed by atoms with Crippen molar-refractivity contribution in [3.05, 3.63) is 35.4 Å². The van der Waals surface area contributed by atoms with E-state index in [-0.39, 0.29) is 11.8 Å². The summed E-state index contributed by atoms with van der Waals surface area (Å²) in [7, 11) is 0. The second-order valence-corrected chi connectivity index (χ2v) is 6.71. The summed E-state index contributed by atoms with van der Waals surface area (Å²) in [5.41, 5.74) is 2.17. The summed E-state index contributed by atoms with van der Waals surface area (Å²) in [6, 6.07) is 8.41. The number of benzene rings is 1. The van der Waals surface area contributed by atoms with Gasteiger partial charge in [-0.05, 0) is 24.8 Å². The molecule has 1 saturated carbocycles. The Bertz CT molecular complexity index is 443. The van der Waals surface area contributed by atoms with Crippen molar-refractivity contribution in [2.24, 2.45) is 5.92 Å². The van der Waals surface area contributed by atoms with Crippen LogP contribution in [0, 0.1) is 12.8 Å². The molecule has 2 rings (SSSR count). The molecule has 0 amide bonds. The van der Waals surface area contributed by atoms with E-state index in [0.29, 0.717) is 5.92 Å². The van der Waals surface area contributed by atoms with Crippen molar-refractivity contribution in [2.45, 2.75) is 64.2 Å². The molecule has 1 aliphatic carbocycles. The quantitative estimate of drug-likeness (QED) is 0.845. The lowest BCUT2D eigenvalue weighted by atomic mass is 9.70. The van der Waals surface area contributed by atoms with E-state index in [0.717, 1.165) is 6.42 Å². The molecule has 1 fully saturated rings. The van der Waals surface area contributed by atoms with Gasteiger partial charge in [0.1, 0.15) is 0 Å². The summed E-state index contributed by atoms with van der Waals surface area (Å²) < 4.78 is 0. The third-order valence-electron chi connectivity index (χ3n) is 4.75. The molecule has 2 heteroatoms. The Morgan fingerprint density at radius 3 is 2.35 bits per heavy atom. The van der Waals surface area contributed by atoms with Gasteiger partial charge in [0, 0.05) is 5.41 Å². The molecule has 110 valence electrons. The zero-order valence-corrected chi connectivity index (χ0v) is 12.7. The Balaban J connectivity index is 2.19. The molecular weight excluding hydrogens is 248 g/mol. The van der Waals surface area contributed by atoms with Crippen LogP contribution in [0.1, 0.15) is 63.0 Å². The van der Waals surface area contributed by atoms with Crippen LogP contribution < -0.4 is 0 Å². The van der Waals surface area contributed by atoms with Crippen LogP contribution in [0.4, 0.5) is 0 Å². The van der Waals surface area contributed by atoms with Crippen LogP contribution in [0.2, 0.25) is 0 Å². The van der Waals surface area contributed by atoms with Crippen LogP contribution in [-0.2, 0) is 10.2 Å². The molecule has 0 bridgehead atoms. The molecule has 0 saturated heterocycles. The van der Waals surface area contributed by atoms with Gasteiger partial charge in [-0.15, -0.1) is 0 Å². The molecule has 0 radical (unpaired) electrons. The van der Waals surface area contributed by atoms with Gasteiger partial charge in [-0.1, -0.05) is 68.9 Å². The number of aryl methyl sites for hydroxylation is 1. The van der Waals surface area contributed by atoms with Crippen molar-refractivity contribution in [3.8, 4) is 0 Å². The molecule has 20 heavy (non-hydrogen) atoms. The summed E-state index contributed by atoms with van der Waals surface area (Å²) >= 11 is 0. The molecule has 1 aromatic carbocycles. The molecule has 1 unspecified atom stereocenters. The summed E-state index contributed by atoms with van der Waals surface area (Å²) in [6.45, 7) is 4.19. The SMILES string of the molecule is Cc1ccc(C(C)(CC(=O)O)CC2CCCCC2)cc1. The summed E-state index contributed by atoms with van der Waals surface area (Å²) in [5, 5.41) is 9.29. The lowest BCUT2D eigenvalue weighted by molar-refractivity contribution is -0.138. The summed E-state index contributed by atoms with van der Waals surface area (Å²) in [5.74, 6) is -0.00159. The van der Waals surface area contributed by atoms with Crippen LogP contribution in [0.3, 0.4) is 0 Å². The van der Waals surface area contributed by atoms with Crippen LogP contribution in [-0.4, -0.2) is 11.1 Å². The molecular formula is C18H26O2. The third-order valence-corrected chi connectivity index (χ3v) is 4.75. The molecule has 1 atom stereocenters. The Hall–Kier alpha value is -1.31. The van der Waals surface area contributed by atoms with Crippen molar-refractivity contribution < 1.29 is 9.90 Å². The summed E-state index contributed by atoms with van der Waals surface area (Å²) in [6.07, 6.45) is 7.72. The molecule has 1 N–H and O–H groups in total. The van der Waals surface area contributed by atoms with E-state index in [1.165, 1.54) is 43.2 Å².